The highest BCUT2D eigenvalue weighted by Gasteiger charge is 2.39. The number of piperidine rings is 1. The molecule has 1 atom stereocenters. The van der Waals surface area contributed by atoms with Crippen LogP contribution in [0.25, 0.3) is 5.69 Å². The Morgan fingerprint density at radius 3 is 2.26 bits per heavy atom. The second-order valence-electron chi connectivity index (χ2n) is 15.8. The predicted molar refractivity (Wildman–Crippen MR) is 205 cm³/mol. The lowest BCUT2D eigenvalue weighted by molar-refractivity contribution is -0.138. The Hall–Kier alpha value is -6.13. The van der Waals surface area contributed by atoms with Gasteiger partial charge in [-0.05, 0) is 50.3 Å². The Bertz CT molecular complexity index is 2310. The molecule has 0 spiro atoms. The Kier molecular flexibility index (Phi) is 11.9. The molecule has 3 aromatic heterocycles. The molecule has 4 aromatic rings. The van der Waals surface area contributed by atoms with Crippen molar-refractivity contribution in [3.8, 4) is 5.69 Å². The summed E-state index contributed by atoms with van der Waals surface area (Å²) >= 11 is 0. The summed E-state index contributed by atoms with van der Waals surface area (Å²) in [5.41, 5.74) is -0.938. The lowest BCUT2D eigenvalue weighted by atomic mass is 9.89. The van der Waals surface area contributed by atoms with Crippen LogP contribution < -0.4 is 20.9 Å². The van der Waals surface area contributed by atoms with Gasteiger partial charge in [0, 0.05) is 81.4 Å². The zero-order valence-electron chi connectivity index (χ0n) is 32.9. The number of alkyl halides is 5. The van der Waals surface area contributed by atoms with Gasteiger partial charge in [0.2, 0.25) is 17.7 Å². The number of benzene rings is 1. The molecule has 0 bridgehead atoms. The maximum absolute atomic E-state index is 15.1. The number of carbonyl (C=O) groups is 4. The number of nitrogens with one attached hydrogen (secondary N) is 3. The molecule has 4 fully saturated rings. The number of anilines is 3. The average molecular weight is 875 g/mol. The van der Waals surface area contributed by atoms with Crippen LogP contribution in [-0.2, 0) is 14.4 Å². The van der Waals surface area contributed by atoms with Gasteiger partial charge in [0.15, 0.2) is 11.4 Å². The molecule has 23 heteroatoms. The van der Waals surface area contributed by atoms with E-state index < -0.39 is 60.1 Å². The molecule has 1 aliphatic carbocycles. The third-order valence-corrected chi connectivity index (χ3v) is 11.8. The summed E-state index contributed by atoms with van der Waals surface area (Å²) in [6.07, 6.45) is -0.997. The summed E-state index contributed by atoms with van der Waals surface area (Å²) in [5, 5.41) is 18.9. The summed E-state index contributed by atoms with van der Waals surface area (Å²) in [6, 6.07) is 4.98. The Morgan fingerprint density at radius 2 is 1.60 bits per heavy atom. The van der Waals surface area contributed by atoms with Gasteiger partial charge < -0.3 is 20.4 Å². The molecule has 6 heterocycles. The molecule has 3 saturated heterocycles. The molecule has 16 nitrogen and oxygen atoms in total. The van der Waals surface area contributed by atoms with Crippen molar-refractivity contribution < 1.29 is 49.9 Å². The van der Waals surface area contributed by atoms with Crippen LogP contribution in [0.1, 0.15) is 78.7 Å². The third kappa shape index (κ3) is 9.21. The first kappa shape index (κ1) is 42.6. The fourth-order valence-electron chi connectivity index (χ4n) is 8.51. The van der Waals surface area contributed by atoms with E-state index in [0.29, 0.717) is 39.0 Å². The van der Waals surface area contributed by atoms with Gasteiger partial charge in [-0.15, -0.1) is 5.10 Å². The summed E-state index contributed by atoms with van der Waals surface area (Å²) in [4.78, 5) is 60.8. The Morgan fingerprint density at radius 1 is 0.903 bits per heavy atom. The van der Waals surface area contributed by atoms with Crippen molar-refractivity contribution in [1.82, 2.24) is 44.9 Å². The number of carbonyl (C=O) groups excluding carboxylic acids is 4. The van der Waals surface area contributed by atoms with E-state index in [1.165, 1.54) is 29.2 Å². The van der Waals surface area contributed by atoms with Crippen molar-refractivity contribution >= 4 is 40.8 Å². The van der Waals surface area contributed by atoms with Crippen LogP contribution in [0.15, 0.2) is 42.9 Å². The van der Waals surface area contributed by atoms with Crippen LogP contribution in [0, 0.1) is 17.6 Å². The lowest BCUT2D eigenvalue weighted by Crippen LogP contribution is -2.59. The predicted octanol–water partition coefficient (Wildman–Crippen LogP) is 4.59. The number of amides is 4. The van der Waals surface area contributed by atoms with Crippen molar-refractivity contribution in [2.75, 3.05) is 61.3 Å². The first-order chi connectivity index (χ1) is 29.6. The average Bonchev–Trinajstić information content (AvgIpc) is 3.89. The fourth-order valence-corrected chi connectivity index (χ4v) is 8.51. The maximum Gasteiger partial charge on any atom is 0.405 e. The van der Waals surface area contributed by atoms with E-state index in [2.05, 4.69) is 41.1 Å². The van der Waals surface area contributed by atoms with Crippen molar-refractivity contribution in [2.24, 2.45) is 5.92 Å². The molecule has 0 unspecified atom stereocenters. The zero-order valence-corrected chi connectivity index (χ0v) is 32.9. The zero-order chi connectivity index (χ0) is 43.9. The van der Waals surface area contributed by atoms with E-state index in [-0.39, 0.29) is 84.0 Å². The second kappa shape index (κ2) is 17.3. The van der Waals surface area contributed by atoms with E-state index >= 15 is 8.78 Å². The van der Waals surface area contributed by atoms with Gasteiger partial charge >= 0.3 is 6.18 Å². The quantitative estimate of drug-likeness (QED) is 0.142. The molecule has 1 aromatic carbocycles. The molecule has 3 N–H and O–H groups in total. The molecule has 330 valence electrons. The van der Waals surface area contributed by atoms with E-state index in [1.54, 1.807) is 9.80 Å². The van der Waals surface area contributed by atoms with Gasteiger partial charge in [-0.1, -0.05) is 0 Å². The van der Waals surface area contributed by atoms with Crippen LogP contribution in [-0.4, -0.2) is 121 Å². The van der Waals surface area contributed by atoms with Crippen molar-refractivity contribution in [2.45, 2.75) is 69.1 Å². The van der Waals surface area contributed by atoms with Gasteiger partial charge in [0.1, 0.15) is 24.0 Å². The maximum atomic E-state index is 15.1. The number of halogens is 7. The summed E-state index contributed by atoms with van der Waals surface area (Å²) < 4.78 is 97.7. The number of imide groups is 1. The van der Waals surface area contributed by atoms with Crippen LogP contribution in [0.3, 0.4) is 0 Å². The monoisotopic (exact) mass is 874 g/mol. The Labute approximate surface area is 348 Å². The fraction of sp³-hybridized carbons (Fsp3) is 0.487. The van der Waals surface area contributed by atoms with Gasteiger partial charge in [0.05, 0.1) is 35.4 Å². The highest BCUT2D eigenvalue weighted by atomic mass is 19.4. The van der Waals surface area contributed by atoms with Gasteiger partial charge in [-0.3, -0.25) is 34.1 Å². The van der Waals surface area contributed by atoms with Gasteiger partial charge in [-0.2, -0.15) is 28.2 Å². The second-order valence-corrected chi connectivity index (χ2v) is 15.8. The summed E-state index contributed by atoms with van der Waals surface area (Å²) in [5.74, 6) is -5.38. The first-order valence-corrected chi connectivity index (χ1v) is 20.1. The largest absolute Gasteiger partial charge is 0.405 e. The number of aromatic nitrogens is 6. The van der Waals surface area contributed by atoms with Crippen LogP contribution in [0.2, 0.25) is 0 Å². The summed E-state index contributed by atoms with van der Waals surface area (Å²) in [6.45, 7) is 1.57. The minimum absolute atomic E-state index is 0.00919. The molecule has 8 rings (SSSR count). The van der Waals surface area contributed by atoms with E-state index in [0.717, 1.165) is 36.0 Å². The number of hydrogen-bond acceptors (Lipinski definition) is 11. The minimum Gasteiger partial charge on any atom is -0.370 e. The Balaban J connectivity index is 0.800. The van der Waals surface area contributed by atoms with Crippen molar-refractivity contribution in [3.63, 3.8) is 0 Å². The van der Waals surface area contributed by atoms with Crippen LogP contribution >= 0.6 is 0 Å². The summed E-state index contributed by atoms with van der Waals surface area (Å²) in [7, 11) is 0. The van der Waals surface area contributed by atoms with Crippen LogP contribution in [0.5, 0.6) is 0 Å². The van der Waals surface area contributed by atoms with E-state index in [1.807, 2.05) is 0 Å². The molecule has 4 aliphatic rings. The van der Waals surface area contributed by atoms with Crippen molar-refractivity contribution in [3.05, 3.63) is 71.4 Å². The smallest absolute Gasteiger partial charge is 0.370 e. The number of hydrogen-bond donors (Lipinski definition) is 3. The van der Waals surface area contributed by atoms with Crippen LogP contribution in [0.4, 0.5) is 47.9 Å². The third-order valence-electron chi connectivity index (χ3n) is 11.8. The highest BCUT2D eigenvalue weighted by Crippen LogP contribution is 2.37. The molecule has 1 saturated carbocycles. The van der Waals surface area contributed by atoms with E-state index in [9.17, 15) is 41.1 Å². The molecular weight excluding hydrogens is 833 g/mol. The normalized spacial score (nSPS) is 21.5. The van der Waals surface area contributed by atoms with Crippen molar-refractivity contribution in [1.29, 1.82) is 0 Å². The van der Waals surface area contributed by atoms with E-state index in [4.69, 9.17) is 0 Å². The molecule has 4 amide bonds. The highest BCUT2D eigenvalue weighted by molar-refractivity contribution is 6.03. The topological polar surface area (TPSA) is 176 Å². The number of piperazine rings is 1. The molecule has 62 heavy (non-hydrogen) atoms. The lowest BCUT2D eigenvalue weighted by Gasteiger charge is -2.45. The standard InChI is InChI=1S/C39H41F7N12O4/c40-27-13-25(14-28(41)33(27)26-5-6-32(59)51-36(26)60)56-17-21(18-56)38(62)55-11-9-54(10-12-55)22-1-3-23(4-2-22)57-19-30(34(53-57)35(42)43)50-37(61)29-16-49-58(52-29)24-7-8-47-31(15-24)48-20-39(44,45)46/h7-8,13-16,19,21-23,26,35H,1-6,9-12,17-18,20H2,(H,47,48)(H,50,61)(H,51,59,60)/t22?,23?,26-/m1/s1. The minimum atomic E-state index is -4.47. The molecule has 3 aliphatic heterocycles. The molecule has 0 radical (unpaired) electrons. The first-order valence-electron chi connectivity index (χ1n) is 20.1. The van der Waals surface area contributed by atoms with Gasteiger partial charge in [0.25, 0.3) is 12.3 Å². The number of nitrogens with zero attached hydrogens (tertiary/aromatic N) is 9. The van der Waals surface area contributed by atoms with Gasteiger partial charge in [-0.25, -0.2) is 22.5 Å². The number of pyridine rings is 1. The SMILES string of the molecule is O=C1CC[C@H](c2c(F)cc(N3CC(C(=O)N4CCN(C5CCC(n6cc(NC(=O)c7cnn(-c8ccnc(NCC(F)(F)F)c8)n7)c(C(F)F)n6)CC5)CC4)C3)cc2F)C(=O)N1. The number of rotatable bonds is 11. The molecular formula is C39H41F7N12O4.